The van der Waals surface area contributed by atoms with Gasteiger partial charge in [-0.1, -0.05) is 23.4 Å². The van der Waals surface area contributed by atoms with Crippen LogP contribution in [-0.4, -0.2) is 33.1 Å². The van der Waals surface area contributed by atoms with Gasteiger partial charge in [-0.3, -0.25) is 9.88 Å². The quantitative estimate of drug-likeness (QED) is 0.652. The van der Waals surface area contributed by atoms with Crippen LogP contribution in [0.25, 0.3) is 22.7 Å². The third kappa shape index (κ3) is 3.39. The molecule has 0 radical (unpaired) electrons. The Morgan fingerprint density at radius 2 is 1.93 bits per heavy atom. The summed E-state index contributed by atoms with van der Waals surface area (Å²) >= 11 is 0. The lowest BCUT2D eigenvalue weighted by Gasteiger charge is -2.24. The molecule has 5 nitrogen and oxygen atoms in total. The summed E-state index contributed by atoms with van der Waals surface area (Å²) in [5.74, 6) is 1.89. The molecule has 2 aliphatic rings. The fraction of sp³-hybridized carbons (Fsp3) is 0.409. The van der Waals surface area contributed by atoms with Crippen LogP contribution >= 0.6 is 0 Å². The zero-order valence-corrected chi connectivity index (χ0v) is 15.6. The highest BCUT2D eigenvalue weighted by molar-refractivity contribution is 5.63. The zero-order chi connectivity index (χ0) is 18.2. The van der Waals surface area contributed by atoms with Gasteiger partial charge in [-0.15, -0.1) is 0 Å². The first-order valence-electron chi connectivity index (χ1n) is 9.92. The molecule has 0 amide bonds. The molecule has 5 rings (SSSR count). The summed E-state index contributed by atoms with van der Waals surface area (Å²) in [4.78, 5) is 11.7. The van der Waals surface area contributed by atoms with Crippen LogP contribution in [0.4, 0.5) is 0 Å². The first-order valence-corrected chi connectivity index (χ1v) is 9.92. The molecule has 1 aliphatic heterocycles. The Labute approximate surface area is 159 Å². The third-order valence-corrected chi connectivity index (χ3v) is 5.75. The van der Waals surface area contributed by atoms with Gasteiger partial charge in [0.15, 0.2) is 5.82 Å². The van der Waals surface area contributed by atoms with Crippen LogP contribution in [-0.2, 0) is 0 Å². The minimum absolute atomic E-state index is 0.450. The Hall–Kier alpha value is -2.53. The largest absolute Gasteiger partial charge is 0.334 e. The van der Waals surface area contributed by atoms with Crippen molar-refractivity contribution in [2.45, 2.75) is 44.6 Å². The average molecular weight is 360 g/mol. The summed E-state index contributed by atoms with van der Waals surface area (Å²) < 4.78 is 5.40. The Morgan fingerprint density at radius 1 is 1.07 bits per heavy atom. The highest BCUT2D eigenvalue weighted by Gasteiger charge is 2.29. The molecule has 1 aliphatic carbocycles. The van der Waals surface area contributed by atoms with E-state index in [-0.39, 0.29) is 0 Å². The smallest absolute Gasteiger partial charge is 0.259 e. The van der Waals surface area contributed by atoms with E-state index >= 15 is 0 Å². The summed E-state index contributed by atoms with van der Waals surface area (Å²) in [5, 5.41) is 4.09. The monoisotopic (exact) mass is 360 g/mol. The molecule has 2 aromatic heterocycles. The summed E-state index contributed by atoms with van der Waals surface area (Å²) in [6.45, 7) is 4.70. The molecule has 0 bridgehead atoms. The van der Waals surface area contributed by atoms with Gasteiger partial charge in [-0.2, -0.15) is 4.98 Å². The summed E-state index contributed by atoms with van der Waals surface area (Å²) in [5.41, 5.74) is 4.34. The molecular formula is C22H24N4O. The Kier molecular flexibility index (Phi) is 4.24. The number of pyridine rings is 1. The third-order valence-electron chi connectivity index (χ3n) is 5.75. The Balaban J connectivity index is 1.37. The molecule has 138 valence electrons. The van der Waals surface area contributed by atoms with E-state index in [0.717, 1.165) is 22.6 Å². The molecule has 1 aromatic carbocycles. The molecule has 1 atom stereocenters. The van der Waals surface area contributed by atoms with E-state index in [0.29, 0.717) is 17.9 Å². The van der Waals surface area contributed by atoms with Crippen molar-refractivity contribution < 1.29 is 4.52 Å². The second-order valence-corrected chi connectivity index (χ2v) is 7.71. The molecule has 3 heterocycles. The van der Waals surface area contributed by atoms with Crippen LogP contribution < -0.4 is 0 Å². The van der Waals surface area contributed by atoms with Gasteiger partial charge < -0.3 is 4.52 Å². The SMILES string of the molecule is CC(c1cccc(-c2ccc(-c3nc(C4CC4)no3)cn2)c1)N1CCCC1. The van der Waals surface area contributed by atoms with Gasteiger partial charge in [0, 0.05) is 23.7 Å². The number of aromatic nitrogens is 3. The molecular weight excluding hydrogens is 336 g/mol. The molecule has 5 heteroatoms. The van der Waals surface area contributed by atoms with Crippen LogP contribution in [0, 0.1) is 0 Å². The van der Waals surface area contributed by atoms with E-state index in [4.69, 9.17) is 4.52 Å². The van der Waals surface area contributed by atoms with E-state index in [1.165, 1.54) is 44.3 Å². The summed E-state index contributed by atoms with van der Waals surface area (Å²) in [6.07, 6.45) is 6.79. The van der Waals surface area contributed by atoms with E-state index in [9.17, 15) is 0 Å². The van der Waals surface area contributed by atoms with Crippen LogP contribution in [0.3, 0.4) is 0 Å². The van der Waals surface area contributed by atoms with Crippen LogP contribution in [0.2, 0.25) is 0 Å². The molecule has 1 unspecified atom stereocenters. The number of hydrogen-bond donors (Lipinski definition) is 0. The normalized spacial score (nSPS) is 18.7. The highest BCUT2D eigenvalue weighted by Crippen LogP contribution is 2.39. The van der Waals surface area contributed by atoms with Crippen molar-refractivity contribution in [1.82, 2.24) is 20.0 Å². The predicted octanol–water partition coefficient (Wildman–Crippen LogP) is 4.83. The van der Waals surface area contributed by atoms with Gasteiger partial charge in [0.05, 0.1) is 11.3 Å². The maximum absolute atomic E-state index is 5.40. The van der Waals surface area contributed by atoms with E-state index < -0.39 is 0 Å². The number of nitrogens with zero attached hydrogens (tertiary/aromatic N) is 4. The van der Waals surface area contributed by atoms with Crippen molar-refractivity contribution in [2.24, 2.45) is 0 Å². The van der Waals surface area contributed by atoms with Gasteiger partial charge in [-0.05, 0) is 69.5 Å². The number of hydrogen-bond acceptors (Lipinski definition) is 5. The lowest BCUT2D eigenvalue weighted by atomic mass is 10.0. The van der Waals surface area contributed by atoms with Crippen molar-refractivity contribution in [2.75, 3.05) is 13.1 Å². The van der Waals surface area contributed by atoms with Gasteiger partial charge in [-0.25, -0.2) is 0 Å². The highest BCUT2D eigenvalue weighted by atomic mass is 16.5. The predicted molar refractivity (Wildman–Crippen MR) is 104 cm³/mol. The minimum atomic E-state index is 0.450. The summed E-state index contributed by atoms with van der Waals surface area (Å²) in [7, 11) is 0. The number of rotatable bonds is 5. The maximum atomic E-state index is 5.40. The average Bonchev–Trinajstić information content (AvgIpc) is 3.22. The minimum Gasteiger partial charge on any atom is -0.334 e. The molecule has 2 fully saturated rings. The van der Waals surface area contributed by atoms with Gasteiger partial charge in [0.25, 0.3) is 5.89 Å². The van der Waals surface area contributed by atoms with Crippen molar-refractivity contribution in [3.63, 3.8) is 0 Å². The van der Waals surface area contributed by atoms with E-state index in [2.05, 4.69) is 51.2 Å². The van der Waals surface area contributed by atoms with Crippen LogP contribution in [0.1, 0.15) is 56.0 Å². The Bertz CT molecular complexity index is 923. The van der Waals surface area contributed by atoms with E-state index in [1.807, 2.05) is 18.3 Å². The first-order chi connectivity index (χ1) is 13.3. The fourth-order valence-electron chi connectivity index (χ4n) is 3.85. The van der Waals surface area contributed by atoms with Gasteiger partial charge >= 0.3 is 0 Å². The van der Waals surface area contributed by atoms with Crippen LogP contribution in [0.5, 0.6) is 0 Å². The van der Waals surface area contributed by atoms with Crippen LogP contribution in [0.15, 0.2) is 47.1 Å². The van der Waals surface area contributed by atoms with Gasteiger partial charge in [0.1, 0.15) is 0 Å². The Morgan fingerprint density at radius 3 is 2.67 bits per heavy atom. The second kappa shape index (κ2) is 6.89. The fourth-order valence-corrected chi connectivity index (χ4v) is 3.85. The lowest BCUT2D eigenvalue weighted by molar-refractivity contribution is 0.263. The van der Waals surface area contributed by atoms with Crippen molar-refractivity contribution >= 4 is 0 Å². The first kappa shape index (κ1) is 16.6. The van der Waals surface area contributed by atoms with Crippen molar-refractivity contribution in [3.05, 3.63) is 54.0 Å². The molecule has 1 saturated carbocycles. The zero-order valence-electron chi connectivity index (χ0n) is 15.6. The molecule has 0 spiro atoms. The number of benzene rings is 1. The molecule has 3 aromatic rings. The lowest BCUT2D eigenvalue weighted by Crippen LogP contribution is -2.23. The van der Waals surface area contributed by atoms with Crippen molar-refractivity contribution in [3.8, 4) is 22.7 Å². The standard InChI is InChI=1S/C22H24N4O/c1-15(26-11-2-3-12-26)17-5-4-6-18(13-17)20-10-9-19(14-23-20)22-24-21(25-27-22)16-7-8-16/h4-6,9-10,13-16H,2-3,7-8,11-12H2,1H3. The molecule has 1 saturated heterocycles. The number of likely N-dealkylation sites (tertiary alicyclic amines) is 1. The summed E-state index contributed by atoms with van der Waals surface area (Å²) in [6, 6.07) is 13.2. The van der Waals surface area contributed by atoms with Crippen molar-refractivity contribution in [1.29, 1.82) is 0 Å². The topological polar surface area (TPSA) is 55.1 Å². The second-order valence-electron chi connectivity index (χ2n) is 7.71. The maximum Gasteiger partial charge on any atom is 0.259 e. The van der Waals surface area contributed by atoms with Gasteiger partial charge in [0.2, 0.25) is 0 Å². The molecule has 0 N–H and O–H groups in total. The van der Waals surface area contributed by atoms with E-state index in [1.54, 1.807) is 0 Å². The molecule has 27 heavy (non-hydrogen) atoms.